The van der Waals surface area contributed by atoms with Crippen molar-refractivity contribution in [2.75, 3.05) is 19.6 Å². The summed E-state index contributed by atoms with van der Waals surface area (Å²) in [6, 6.07) is 3.64. The highest BCUT2D eigenvalue weighted by atomic mass is 35.5. The molecule has 0 radical (unpaired) electrons. The summed E-state index contributed by atoms with van der Waals surface area (Å²) in [5.74, 6) is 1.57. The van der Waals surface area contributed by atoms with E-state index < -0.39 is 6.10 Å². The Morgan fingerprint density at radius 2 is 2.32 bits per heavy atom. The largest absolute Gasteiger partial charge is 0.386 e. The maximum atomic E-state index is 10.0. The van der Waals surface area contributed by atoms with Crippen LogP contribution in [-0.2, 0) is 0 Å². The number of guanidine groups is 1. The van der Waals surface area contributed by atoms with E-state index in [0.717, 1.165) is 29.8 Å². The van der Waals surface area contributed by atoms with Gasteiger partial charge in [-0.15, -0.1) is 11.3 Å². The van der Waals surface area contributed by atoms with Crippen molar-refractivity contribution >= 4 is 28.9 Å². The lowest BCUT2D eigenvalue weighted by Gasteiger charge is -2.12. The van der Waals surface area contributed by atoms with Gasteiger partial charge in [-0.3, -0.25) is 4.99 Å². The van der Waals surface area contributed by atoms with Crippen molar-refractivity contribution in [3.05, 3.63) is 21.3 Å². The fourth-order valence-corrected chi connectivity index (χ4v) is 2.72. The van der Waals surface area contributed by atoms with E-state index >= 15 is 0 Å². The first kappa shape index (κ1) is 14.6. The van der Waals surface area contributed by atoms with Crippen molar-refractivity contribution in [1.29, 1.82) is 0 Å². The number of hydrogen-bond acceptors (Lipinski definition) is 3. The zero-order valence-corrected chi connectivity index (χ0v) is 12.6. The van der Waals surface area contributed by atoms with Gasteiger partial charge in [0.2, 0.25) is 0 Å². The van der Waals surface area contributed by atoms with Crippen LogP contribution >= 0.6 is 22.9 Å². The molecule has 1 saturated carbocycles. The number of thiophene rings is 1. The van der Waals surface area contributed by atoms with Gasteiger partial charge >= 0.3 is 0 Å². The van der Waals surface area contributed by atoms with Gasteiger partial charge in [-0.25, -0.2) is 0 Å². The highest BCUT2D eigenvalue weighted by Gasteiger charge is 2.21. The Labute approximate surface area is 122 Å². The molecule has 3 N–H and O–H groups in total. The highest BCUT2D eigenvalue weighted by Crippen LogP contribution is 2.28. The molecule has 1 unspecified atom stereocenters. The third kappa shape index (κ3) is 5.01. The van der Waals surface area contributed by atoms with Crippen LogP contribution in [0.4, 0.5) is 0 Å². The van der Waals surface area contributed by atoms with Gasteiger partial charge in [0.15, 0.2) is 5.96 Å². The maximum Gasteiger partial charge on any atom is 0.191 e. The molecule has 1 aromatic rings. The molecule has 1 atom stereocenters. The van der Waals surface area contributed by atoms with E-state index in [9.17, 15) is 5.11 Å². The van der Waals surface area contributed by atoms with Gasteiger partial charge in [-0.05, 0) is 37.8 Å². The lowest BCUT2D eigenvalue weighted by molar-refractivity contribution is 0.191. The van der Waals surface area contributed by atoms with Crippen LogP contribution in [-0.4, -0.2) is 30.7 Å². The number of halogens is 1. The number of rotatable bonds is 6. The summed E-state index contributed by atoms with van der Waals surface area (Å²) in [4.78, 5) is 5.26. The minimum Gasteiger partial charge on any atom is -0.386 e. The minimum atomic E-state index is -0.589. The quantitative estimate of drug-likeness (QED) is 0.558. The fraction of sp³-hybridized carbons (Fsp3) is 0.615. The zero-order valence-electron chi connectivity index (χ0n) is 11.0. The smallest absolute Gasteiger partial charge is 0.191 e. The molecule has 1 fully saturated rings. The number of aliphatic imine (C=N–C) groups is 1. The molecular weight excluding hydrogens is 282 g/mol. The molecule has 1 aliphatic rings. The topological polar surface area (TPSA) is 56.7 Å². The number of nitrogens with one attached hydrogen (secondary N) is 2. The SMILES string of the molecule is CCNC(=NCC(O)c1ccc(Cl)s1)NCC1CC1. The van der Waals surface area contributed by atoms with Crippen molar-refractivity contribution < 1.29 is 5.11 Å². The van der Waals surface area contributed by atoms with Crippen molar-refractivity contribution in [1.82, 2.24) is 10.6 Å². The molecule has 1 aliphatic carbocycles. The van der Waals surface area contributed by atoms with Crippen molar-refractivity contribution in [3.8, 4) is 0 Å². The second-order valence-corrected chi connectivity index (χ2v) is 6.45. The Bertz CT molecular complexity index is 431. The van der Waals surface area contributed by atoms with Gasteiger partial charge in [0.05, 0.1) is 10.9 Å². The number of nitrogens with zero attached hydrogens (tertiary/aromatic N) is 1. The monoisotopic (exact) mass is 301 g/mol. The average Bonchev–Trinajstić information content (AvgIpc) is 3.13. The van der Waals surface area contributed by atoms with Crippen LogP contribution in [0.15, 0.2) is 17.1 Å². The van der Waals surface area contributed by atoms with Crippen molar-refractivity contribution in [2.45, 2.75) is 25.9 Å². The molecule has 6 heteroatoms. The summed E-state index contributed by atoms with van der Waals surface area (Å²) in [6.07, 6.45) is 2.03. The molecule has 0 saturated heterocycles. The van der Waals surface area contributed by atoms with Gasteiger partial charge in [-0.1, -0.05) is 11.6 Å². The van der Waals surface area contributed by atoms with Crippen LogP contribution in [0.2, 0.25) is 4.34 Å². The first-order chi connectivity index (χ1) is 9.19. The molecule has 19 heavy (non-hydrogen) atoms. The minimum absolute atomic E-state index is 0.344. The standard InChI is InChI=1S/C13H20ClN3OS/c1-2-15-13(16-7-9-3-4-9)17-8-10(18)11-5-6-12(14)19-11/h5-6,9-10,18H,2-4,7-8H2,1H3,(H2,15,16,17). The lowest BCUT2D eigenvalue weighted by atomic mass is 10.3. The Balaban J connectivity index is 1.84. The molecule has 0 spiro atoms. The molecular formula is C13H20ClN3OS. The van der Waals surface area contributed by atoms with Crippen LogP contribution in [0.5, 0.6) is 0 Å². The second-order valence-electron chi connectivity index (χ2n) is 4.70. The average molecular weight is 302 g/mol. The van der Waals surface area contributed by atoms with Gasteiger partial charge in [0.25, 0.3) is 0 Å². The lowest BCUT2D eigenvalue weighted by Crippen LogP contribution is -2.38. The molecule has 106 valence electrons. The Morgan fingerprint density at radius 1 is 1.53 bits per heavy atom. The molecule has 0 amide bonds. The van der Waals surface area contributed by atoms with E-state index in [1.165, 1.54) is 24.2 Å². The summed E-state index contributed by atoms with van der Waals surface area (Å²) >= 11 is 7.25. The Hall–Kier alpha value is -0.780. The Kier molecular flexibility index (Phi) is 5.48. The fourth-order valence-electron chi connectivity index (χ4n) is 1.68. The number of hydrogen-bond donors (Lipinski definition) is 3. The van der Waals surface area contributed by atoms with Gasteiger partial charge in [0.1, 0.15) is 6.10 Å². The van der Waals surface area contributed by atoms with Crippen LogP contribution in [0.3, 0.4) is 0 Å². The molecule has 1 heterocycles. The van der Waals surface area contributed by atoms with Crippen LogP contribution < -0.4 is 10.6 Å². The molecule has 1 aromatic heterocycles. The maximum absolute atomic E-state index is 10.0. The molecule has 2 rings (SSSR count). The van der Waals surface area contributed by atoms with E-state index in [0.29, 0.717) is 10.9 Å². The summed E-state index contributed by atoms with van der Waals surface area (Å²) < 4.78 is 0.691. The first-order valence-corrected chi connectivity index (χ1v) is 7.84. The summed E-state index contributed by atoms with van der Waals surface area (Å²) in [7, 11) is 0. The van der Waals surface area contributed by atoms with Crippen molar-refractivity contribution in [3.63, 3.8) is 0 Å². The summed E-state index contributed by atoms with van der Waals surface area (Å²) in [6.45, 7) is 4.16. The molecule has 4 nitrogen and oxygen atoms in total. The second kappa shape index (κ2) is 7.12. The number of aliphatic hydroxyl groups excluding tert-OH is 1. The van der Waals surface area contributed by atoms with E-state index in [1.54, 1.807) is 6.07 Å². The third-order valence-electron chi connectivity index (χ3n) is 2.94. The van der Waals surface area contributed by atoms with Crippen LogP contribution in [0.1, 0.15) is 30.7 Å². The van der Waals surface area contributed by atoms with Crippen molar-refractivity contribution in [2.24, 2.45) is 10.9 Å². The van der Waals surface area contributed by atoms with E-state index in [2.05, 4.69) is 15.6 Å². The predicted molar refractivity (Wildman–Crippen MR) is 81.0 cm³/mol. The van der Waals surface area contributed by atoms with E-state index in [4.69, 9.17) is 11.6 Å². The van der Waals surface area contributed by atoms with Crippen LogP contribution in [0, 0.1) is 5.92 Å². The first-order valence-electron chi connectivity index (χ1n) is 6.64. The van der Waals surface area contributed by atoms with Crippen LogP contribution in [0.25, 0.3) is 0 Å². The summed E-state index contributed by atoms with van der Waals surface area (Å²) in [5.41, 5.74) is 0. The van der Waals surface area contributed by atoms with E-state index in [-0.39, 0.29) is 0 Å². The number of aliphatic hydroxyl groups is 1. The molecule has 0 aliphatic heterocycles. The van der Waals surface area contributed by atoms with Gasteiger partial charge in [-0.2, -0.15) is 0 Å². The normalized spacial score (nSPS) is 17.3. The molecule has 0 aromatic carbocycles. The van der Waals surface area contributed by atoms with Gasteiger partial charge in [0, 0.05) is 18.0 Å². The van der Waals surface area contributed by atoms with E-state index in [1.807, 2.05) is 13.0 Å². The zero-order chi connectivity index (χ0) is 13.7. The third-order valence-corrected chi connectivity index (χ3v) is 4.28. The van der Waals surface area contributed by atoms with Gasteiger partial charge < -0.3 is 15.7 Å². The Morgan fingerprint density at radius 3 is 2.89 bits per heavy atom. The molecule has 0 bridgehead atoms. The predicted octanol–water partition coefficient (Wildman–Crippen LogP) is 2.40. The highest BCUT2D eigenvalue weighted by molar-refractivity contribution is 7.16. The summed E-state index contributed by atoms with van der Waals surface area (Å²) in [5, 5.41) is 16.5.